The quantitative estimate of drug-likeness (QED) is 0.757. The molecule has 0 aromatic heterocycles. The van der Waals surface area contributed by atoms with Gasteiger partial charge in [0, 0.05) is 23.0 Å². The van der Waals surface area contributed by atoms with Crippen molar-refractivity contribution in [1.82, 2.24) is 4.31 Å². The summed E-state index contributed by atoms with van der Waals surface area (Å²) in [5.74, 6) is 0.116. The highest BCUT2D eigenvalue weighted by Crippen LogP contribution is 2.38. The molecule has 1 aromatic rings. The van der Waals surface area contributed by atoms with Gasteiger partial charge in [0.25, 0.3) is 0 Å². The van der Waals surface area contributed by atoms with Gasteiger partial charge < -0.3 is 0 Å². The maximum Gasteiger partial charge on any atom is 0.245 e. The summed E-state index contributed by atoms with van der Waals surface area (Å²) < 4.78 is 27.2. The summed E-state index contributed by atoms with van der Waals surface area (Å²) >= 11 is 18.0. The van der Waals surface area contributed by atoms with Crippen LogP contribution in [0, 0.1) is 0 Å². The van der Waals surface area contributed by atoms with E-state index in [4.69, 9.17) is 34.8 Å². The molecule has 0 unspecified atom stereocenters. The fraction of sp³-hybridized carbons (Fsp3) is 0.538. The Labute approximate surface area is 134 Å². The molecule has 3 nitrogen and oxygen atoms in total. The van der Waals surface area contributed by atoms with Gasteiger partial charge in [-0.05, 0) is 44.4 Å². The molecule has 2 rings (SSSR count). The zero-order valence-corrected chi connectivity index (χ0v) is 14.4. The number of benzene rings is 1. The first-order chi connectivity index (χ1) is 9.20. The van der Waals surface area contributed by atoms with Crippen molar-refractivity contribution in [1.29, 1.82) is 0 Å². The molecule has 0 radical (unpaired) electrons. The second-order valence-corrected chi connectivity index (χ2v) is 8.42. The Bertz CT molecular complexity index is 629. The molecular formula is C13H16Cl3NO2S. The third-order valence-electron chi connectivity index (χ3n) is 3.62. The second kappa shape index (κ2) is 5.65. The van der Waals surface area contributed by atoms with E-state index in [9.17, 15) is 8.42 Å². The second-order valence-electron chi connectivity index (χ2n) is 5.50. The van der Waals surface area contributed by atoms with Crippen molar-refractivity contribution in [2.75, 3.05) is 6.54 Å². The summed E-state index contributed by atoms with van der Waals surface area (Å²) in [5.41, 5.74) is 0.113. The van der Waals surface area contributed by atoms with Crippen molar-refractivity contribution in [3.63, 3.8) is 0 Å². The maximum atomic E-state index is 12.8. The Morgan fingerprint density at radius 3 is 2.45 bits per heavy atom. The maximum absolute atomic E-state index is 12.8. The number of hydrogen-bond donors (Lipinski definition) is 0. The van der Waals surface area contributed by atoms with E-state index in [1.165, 1.54) is 10.4 Å². The number of rotatable bonds is 3. The van der Waals surface area contributed by atoms with Gasteiger partial charge in [-0.15, -0.1) is 11.6 Å². The van der Waals surface area contributed by atoms with E-state index in [1.807, 2.05) is 13.8 Å². The molecule has 7 heteroatoms. The minimum Gasteiger partial charge on any atom is -0.207 e. The van der Waals surface area contributed by atoms with Crippen LogP contribution in [0.4, 0.5) is 0 Å². The lowest BCUT2D eigenvalue weighted by Crippen LogP contribution is -2.42. The lowest BCUT2D eigenvalue weighted by molar-refractivity contribution is 0.292. The van der Waals surface area contributed by atoms with Crippen LogP contribution in [0.5, 0.6) is 0 Å². The van der Waals surface area contributed by atoms with Crippen molar-refractivity contribution in [2.45, 2.75) is 43.0 Å². The molecule has 0 atom stereocenters. The summed E-state index contributed by atoms with van der Waals surface area (Å²) in [6, 6.07) is 2.98. The number of hydrogen-bond acceptors (Lipinski definition) is 2. The first-order valence-corrected chi connectivity index (χ1v) is 9.00. The minimum absolute atomic E-state index is 0.0392. The Morgan fingerprint density at radius 2 is 1.95 bits per heavy atom. The molecule has 0 amide bonds. The molecule has 0 saturated carbocycles. The lowest BCUT2D eigenvalue weighted by atomic mass is 10.0. The molecule has 0 bridgehead atoms. The first kappa shape index (κ1) is 16.4. The molecule has 0 spiro atoms. The average molecular weight is 357 g/mol. The van der Waals surface area contributed by atoms with Crippen LogP contribution in [0.15, 0.2) is 17.0 Å². The molecule has 1 heterocycles. The van der Waals surface area contributed by atoms with E-state index in [2.05, 4.69) is 0 Å². The van der Waals surface area contributed by atoms with Gasteiger partial charge >= 0.3 is 0 Å². The van der Waals surface area contributed by atoms with Crippen LogP contribution in [0.2, 0.25) is 10.0 Å². The molecule has 1 aliphatic heterocycles. The highest BCUT2D eigenvalue weighted by atomic mass is 35.5. The van der Waals surface area contributed by atoms with E-state index in [-0.39, 0.29) is 15.8 Å². The van der Waals surface area contributed by atoms with Crippen LogP contribution in [0.3, 0.4) is 0 Å². The smallest absolute Gasteiger partial charge is 0.207 e. The van der Waals surface area contributed by atoms with E-state index in [0.29, 0.717) is 17.1 Å². The largest absolute Gasteiger partial charge is 0.245 e. The van der Waals surface area contributed by atoms with Crippen LogP contribution in [-0.4, -0.2) is 24.8 Å². The van der Waals surface area contributed by atoms with Gasteiger partial charge in [0.05, 0.1) is 5.02 Å². The van der Waals surface area contributed by atoms with Crippen LogP contribution >= 0.6 is 34.8 Å². The van der Waals surface area contributed by atoms with Crippen LogP contribution < -0.4 is 0 Å². The molecule has 1 saturated heterocycles. The van der Waals surface area contributed by atoms with E-state index < -0.39 is 15.6 Å². The molecule has 1 fully saturated rings. The number of sulfonamides is 1. The van der Waals surface area contributed by atoms with Gasteiger partial charge in [-0.25, -0.2) is 8.42 Å². The van der Waals surface area contributed by atoms with E-state index in [1.54, 1.807) is 6.07 Å². The van der Waals surface area contributed by atoms with E-state index in [0.717, 1.165) is 12.8 Å². The van der Waals surface area contributed by atoms with E-state index >= 15 is 0 Å². The Balaban J connectivity index is 2.58. The van der Waals surface area contributed by atoms with Crippen molar-refractivity contribution in [3.05, 3.63) is 27.7 Å². The Morgan fingerprint density at radius 1 is 1.30 bits per heavy atom. The summed E-state index contributed by atoms with van der Waals surface area (Å²) in [6.45, 7) is 4.32. The third-order valence-corrected chi connectivity index (χ3v) is 6.82. The molecule has 1 aromatic carbocycles. The summed E-state index contributed by atoms with van der Waals surface area (Å²) in [6.07, 6.45) is 1.67. The highest BCUT2D eigenvalue weighted by molar-refractivity contribution is 7.89. The summed E-state index contributed by atoms with van der Waals surface area (Å²) in [7, 11) is -3.67. The van der Waals surface area contributed by atoms with Crippen LogP contribution in [0.1, 0.15) is 32.3 Å². The summed E-state index contributed by atoms with van der Waals surface area (Å²) in [4.78, 5) is 0.0392. The molecule has 112 valence electrons. The molecule has 1 aliphatic rings. The zero-order valence-electron chi connectivity index (χ0n) is 11.3. The fourth-order valence-electron chi connectivity index (χ4n) is 2.55. The number of nitrogens with zero attached hydrogens (tertiary/aromatic N) is 1. The Kier molecular flexibility index (Phi) is 4.63. The zero-order chi connectivity index (χ0) is 15.1. The van der Waals surface area contributed by atoms with Crippen molar-refractivity contribution in [2.24, 2.45) is 0 Å². The van der Waals surface area contributed by atoms with Crippen molar-refractivity contribution < 1.29 is 8.42 Å². The van der Waals surface area contributed by atoms with Gasteiger partial charge in [-0.3, -0.25) is 0 Å². The molecule has 0 N–H and O–H groups in total. The van der Waals surface area contributed by atoms with Gasteiger partial charge in [-0.1, -0.05) is 23.2 Å². The molecule has 20 heavy (non-hydrogen) atoms. The lowest BCUT2D eigenvalue weighted by Gasteiger charge is -2.31. The topological polar surface area (TPSA) is 37.4 Å². The SMILES string of the molecule is CC1(C)CCCN1S(=O)(=O)c1cc(Cl)cc(CCl)c1Cl. The van der Waals surface area contributed by atoms with Gasteiger partial charge in [0.1, 0.15) is 4.90 Å². The van der Waals surface area contributed by atoms with Gasteiger partial charge in [0.15, 0.2) is 0 Å². The van der Waals surface area contributed by atoms with Crippen molar-refractivity contribution >= 4 is 44.8 Å². The van der Waals surface area contributed by atoms with Gasteiger partial charge in [-0.2, -0.15) is 4.31 Å². The Hall–Kier alpha value is -0.000000000000000111. The first-order valence-electron chi connectivity index (χ1n) is 6.27. The normalized spacial score (nSPS) is 19.4. The molecular weight excluding hydrogens is 341 g/mol. The third kappa shape index (κ3) is 2.81. The number of halogens is 3. The summed E-state index contributed by atoms with van der Waals surface area (Å²) in [5, 5.41) is 0.479. The fourth-order valence-corrected chi connectivity index (χ4v) is 5.59. The number of alkyl halides is 1. The highest BCUT2D eigenvalue weighted by Gasteiger charge is 2.41. The standard InChI is InChI=1S/C13H16Cl3NO2S/c1-13(2)4-3-5-17(13)20(18,19)11-7-10(15)6-9(8-14)12(11)16/h6-7H,3-5,8H2,1-2H3. The van der Waals surface area contributed by atoms with Crippen LogP contribution in [0.25, 0.3) is 0 Å². The average Bonchev–Trinajstić information content (AvgIpc) is 2.71. The predicted octanol–water partition coefficient (Wildman–Crippen LogP) is 4.30. The monoisotopic (exact) mass is 355 g/mol. The van der Waals surface area contributed by atoms with Crippen molar-refractivity contribution in [3.8, 4) is 0 Å². The molecule has 0 aliphatic carbocycles. The predicted molar refractivity (Wildman–Crippen MR) is 83.2 cm³/mol. The van der Waals surface area contributed by atoms with Gasteiger partial charge in [0.2, 0.25) is 10.0 Å². The van der Waals surface area contributed by atoms with Crippen LogP contribution in [-0.2, 0) is 15.9 Å². The minimum atomic E-state index is -3.67.